The minimum absolute atomic E-state index is 0.0657. The molecule has 2 N–H and O–H groups in total. The molecule has 3 aromatic rings. The lowest BCUT2D eigenvalue weighted by Crippen LogP contribution is -2.21. The van der Waals surface area contributed by atoms with Crippen molar-refractivity contribution >= 4 is 46.0 Å². The van der Waals surface area contributed by atoms with Crippen LogP contribution in [0.1, 0.15) is 18.1 Å². The van der Waals surface area contributed by atoms with Gasteiger partial charge in [-0.1, -0.05) is 35.9 Å². The summed E-state index contributed by atoms with van der Waals surface area (Å²) in [6.45, 7) is 2.16. The number of ether oxygens (including phenoxy) is 1. The third kappa shape index (κ3) is 4.69. The summed E-state index contributed by atoms with van der Waals surface area (Å²) in [5.74, 6) is 0.380. The third-order valence-electron chi connectivity index (χ3n) is 4.49. The van der Waals surface area contributed by atoms with Gasteiger partial charge in [0.2, 0.25) is 5.91 Å². The molecule has 1 aromatic heterocycles. The van der Waals surface area contributed by atoms with Crippen LogP contribution < -0.4 is 15.4 Å². The maximum Gasteiger partial charge on any atom is 0.256 e. The number of halogens is 1. The summed E-state index contributed by atoms with van der Waals surface area (Å²) >= 11 is 7.38. The van der Waals surface area contributed by atoms with Gasteiger partial charge in [0.05, 0.1) is 11.3 Å². The molecular weight excluding hydrogens is 422 g/mol. The van der Waals surface area contributed by atoms with E-state index >= 15 is 0 Å². The number of fused-ring (bicyclic) bond motifs is 1. The van der Waals surface area contributed by atoms with E-state index in [1.807, 2.05) is 29.6 Å². The molecule has 0 bridgehead atoms. The summed E-state index contributed by atoms with van der Waals surface area (Å²) in [6.07, 6.45) is 1.78. The Kier molecular flexibility index (Phi) is 5.83. The number of hydrogen-bond donors (Lipinski definition) is 2. The molecule has 2 amide bonds. The van der Waals surface area contributed by atoms with Crippen LogP contribution in [0.25, 0.3) is 17.3 Å². The Hall–Kier alpha value is -3.16. The Labute approximate surface area is 182 Å². The van der Waals surface area contributed by atoms with Gasteiger partial charge in [-0.15, -0.1) is 11.3 Å². The lowest BCUT2D eigenvalue weighted by atomic mass is 10.1. The van der Waals surface area contributed by atoms with Crippen LogP contribution in [0.5, 0.6) is 5.75 Å². The minimum Gasteiger partial charge on any atom is -0.488 e. The number of anilines is 1. The molecule has 0 aliphatic carbocycles. The van der Waals surface area contributed by atoms with Crippen LogP contribution >= 0.6 is 22.9 Å². The summed E-state index contributed by atoms with van der Waals surface area (Å²) in [5.41, 5.74) is 3.98. The van der Waals surface area contributed by atoms with Crippen molar-refractivity contribution in [2.45, 2.75) is 13.5 Å². The van der Waals surface area contributed by atoms with E-state index in [9.17, 15) is 9.59 Å². The number of amides is 2. The first-order valence-electron chi connectivity index (χ1n) is 9.21. The van der Waals surface area contributed by atoms with Crippen molar-refractivity contribution in [2.24, 2.45) is 0 Å². The molecule has 152 valence electrons. The Morgan fingerprint density at radius 3 is 2.77 bits per heavy atom. The average molecular weight is 440 g/mol. The molecule has 0 unspecified atom stereocenters. The molecule has 8 heteroatoms. The Morgan fingerprint density at radius 2 is 2.00 bits per heavy atom. The number of carbonyl (C=O) groups is 2. The Balaban J connectivity index is 1.43. The van der Waals surface area contributed by atoms with Gasteiger partial charge in [0.15, 0.2) is 5.13 Å². The number of nitrogens with zero attached hydrogens (tertiary/aromatic N) is 1. The molecule has 1 aliphatic heterocycles. The predicted molar refractivity (Wildman–Crippen MR) is 119 cm³/mol. The molecule has 2 heterocycles. The zero-order chi connectivity index (χ0) is 21.1. The van der Waals surface area contributed by atoms with E-state index in [0.717, 1.165) is 22.4 Å². The first-order chi connectivity index (χ1) is 14.5. The maximum absolute atomic E-state index is 12.6. The second-order valence-corrected chi connectivity index (χ2v) is 8.03. The summed E-state index contributed by atoms with van der Waals surface area (Å²) in [6, 6.07) is 13.1. The smallest absolute Gasteiger partial charge is 0.256 e. The molecule has 4 rings (SSSR count). The van der Waals surface area contributed by atoms with Crippen LogP contribution in [0.2, 0.25) is 5.02 Å². The number of thiazole rings is 1. The van der Waals surface area contributed by atoms with E-state index in [1.54, 1.807) is 24.3 Å². The maximum atomic E-state index is 12.6. The number of benzene rings is 2. The van der Waals surface area contributed by atoms with E-state index in [2.05, 4.69) is 15.6 Å². The van der Waals surface area contributed by atoms with E-state index in [1.165, 1.54) is 18.3 Å². The summed E-state index contributed by atoms with van der Waals surface area (Å²) in [4.78, 5) is 28.1. The summed E-state index contributed by atoms with van der Waals surface area (Å²) in [5, 5.41) is 8.58. The molecule has 0 saturated heterocycles. The largest absolute Gasteiger partial charge is 0.488 e. The highest BCUT2D eigenvalue weighted by molar-refractivity contribution is 7.14. The lowest BCUT2D eigenvalue weighted by molar-refractivity contribution is -0.119. The number of hydrogen-bond acceptors (Lipinski definition) is 5. The normalized spacial score (nSPS) is 12.4. The average Bonchev–Trinajstić information content (AvgIpc) is 3.20. The fraction of sp³-hybridized carbons (Fsp3) is 0.136. The molecule has 30 heavy (non-hydrogen) atoms. The van der Waals surface area contributed by atoms with Crippen LogP contribution in [0, 0.1) is 0 Å². The van der Waals surface area contributed by atoms with Crippen molar-refractivity contribution in [3.8, 4) is 17.0 Å². The van der Waals surface area contributed by atoms with Crippen molar-refractivity contribution in [3.63, 3.8) is 0 Å². The van der Waals surface area contributed by atoms with Gasteiger partial charge in [-0.3, -0.25) is 14.9 Å². The van der Waals surface area contributed by atoms with Crippen LogP contribution in [-0.2, 0) is 16.1 Å². The SMILES string of the molecule is CC(=O)NCc1ccc(-c2csc(NC(=O)C3=Cc4cc(Cl)ccc4OC3)n2)cc1. The van der Waals surface area contributed by atoms with Crippen LogP contribution in [0.3, 0.4) is 0 Å². The lowest BCUT2D eigenvalue weighted by Gasteiger charge is -2.17. The van der Waals surface area contributed by atoms with Gasteiger partial charge < -0.3 is 10.1 Å². The third-order valence-corrected chi connectivity index (χ3v) is 5.49. The van der Waals surface area contributed by atoms with E-state index in [4.69, 9.17) is 16.3 Å². The number of nitrogens with one attached hydrogen (secondary N) is 2. The van der Waals surface area contributed by atoms with Gasteiger partial charge in [-0.2, -0.15) is 0 Å². The topological polar surface area (TPSA) is 80.3 Å². The van der Waals surface area contributed by atoms with Crippen LogP contribution in [-0.4, -0.2) is 23.4 Å². The van der Waals surface area contributed by atoms with Crippen molar-refractivity contribution in [1.82, 2.24) is 10.3 Å². The summed E-state index contributed by atoms with van der Waals surface area (Å²) < 4.78 is 5.64. The molecule has 0 spiro atoms. The van der Waals surface area contributed by atoms with E-state index in [-0.39, 0.29) is 18.4 Å². The van der Waals surface area contributed by atoms with Gasteiger partial charge in [-0.25, -0.2) is 4.98 Å². The second kappa shape index (κ2) is 8.69. The second-order valence-electron chi connectivity index (χ2n) is 6.74. The van der Waals surface area contributed by atoms with Gasteiger partial charge in [0.25, 0.3) is 5.91 Å². The highest BCUT2D eigenvalue weighted by atomic mass is 35.5. The first kappa shape index (κ1) is 20.1. The van der Waals surface area contributed by atoms with Crippen molar-refractivity contribution in [3.05, 3.63) is 69.6 Å². The highest BCUT2D eigenvalue weighted by Gasteiger charge is 2.18. The fourth-order valence-corrected chi connectivity index (χ4v) is 3.84. The molecule has 0 fully saturated rings. The standard InChI is InChI=1S/C22H18ClN3O3S/c1-13(27)24-10-14-2-4-15(5-3-14)19-12-30-22(25-19)26-21(28)17-8-16-9-18(23)6-7-20(16)29-11-17/h2-9,12H,10-11H2,1H3,(H,24,27)(H,25,26,28). The Morgan fingerprint density at radius 1 is 1.20 bits per heavy atom. The van der Waals surface area contributed by atoms with Crippen LogP contribution in [0.4, 0.5) is 5.13 Å². The monoisotopic (exact) mass is 439 g/mol. The van der Waals surface area contributed by atoms with Crippen molar-refractivity contribution in [2.75, 3.05) is 11.9 Å². The first-order valence-corrected chi connectivity index (χ1v) is 10.5. The van der Waals surface area contributed by atoms with Gasteiger partial charge in [0, 0.05) is 35.0 Å². The highest BCUT2D eigenvalue weighted by Crippen LogP contribution is 2.30. The molecule has 0 radical (unpaired) electrons. The quantitative estimate of drug-likeness (QED) is 0.612. The van der Waals surface area contributed by atoms with Gasteiger partial charge in [0.1, 0.15) is 12.4 Å². The Bertz CT molecular complexity index is 1140. The zero-order valence-corrected chi connectivity index (χ0v) is 17.6. The number of aromatic nitrogens is 1. The molecular formula is C22H18ClN3O3S. The number of rotatable bonds is 5. The minimum atomic E-state index is -0.257. The fourth-order valence-electron chi connectivity index (χ4n) is 2.94. The number of carbonyl (C=O) groups excluding carboxylic acids is 2. The molecule has 6 nitrogen and oxygen atoms in total. The molecule has 0 atom stereocenters. The summed E-state index contributed by atoms with van der Waals surface area (Å²) in [7, 11) is 0. The molecule has 0 saturated carbocycles. The van der Waals surface area contributed by atoms with Gasteiger partial charge in [-0.05, 0) is 29.8 Å². The van der Waals surface area contributed by atoms with Gasteiger partial charge >= 0.3 is 0 Å². The van der Waals surface area contributed by atoms with Crippen LogP contribution in [0.15, 0.2) is 53.4 Å². The predicted octanol–water partition coefficient (Wildman–Crippen LogP) is 4.51. The molecule has 1 aliphatic rings. The molecule has 2 aromatic carbocycles. The van der Waals surface area contributed by atoms with Crippen molar-refractivity contribution < 1.29 is 14.3 Å². The van der Waals surface area contributed by atoms with E-state index < -0.39 is 0 Å². The van der Waals surface area contributed by atoms with E-state index in [0.29, 0.717) is 28.0 Å². The zero-order valence-electron chi connectivity index (χ0n) is 16.1. The van der Waals surface area contributed by atoms with Crippen molar-refractivity contribution in [1.29, 1.82) is 0 Å².